The fraction of sp³-hybridized carbons (Fsp3) is 0.263. The Balaban J connectivity index is 1.65. The quantitative estimate of drug-likeness (QED) is 0.646. The van der Waals surface area contributed by atoms with E-state index < -0.39 is 45.3 Å². The van der Waals surface area contributed by atoms with Crippen molar-refractivity contribution in [1.29, 1.82) is 0 Å². The van der Waals surface area contributed by atoms with Gasteiger partial charge in [0.05, 0.1) is 10.7 Å². The van der Waals surface area contributed by atoms with E-state index >= 15 is 0 Å². The Hall–Kier alpha value is -2.20. The van der Waals surface area contributed by atoms with Crippen molar-refractivity contribution in [3.05, 3.63) is 58.3 Å². The molecular weight excluding hydrogens is 458 g/mol. The van der Waals surface area contributed by atoms with Crippen LogP contribution in [0, 0.1) is 5.82 Å². The lowest BCUT2D eigenvalue weighted by Gasteiger charge is -2.22. The highest BCUT2D eigenvalue weighted by Crippen LogP contribution is 2.28. The Kier molecular flexibility index (Phi) is 6.97. The lowest BCUT2D eigenvalue weighted by atomic mass is 10.2. The number of hydrogen-bond donors (Lipinski definition) is 1. The Bertz CT molecular complexity index is 1080. The molecule has 2 aromatic carbocycles. The van der Waals surface area contributed by atoms with Crippen LogP contribution in [0.5, 0.6) is 0 Å². The van der Waals surface area contributed by atoms with Gasteiger partial charge in [-0.25, -0.2) is 12.8 Å². The molecule has 1 amide bonds. The van der Waals surface area contributed by atoms with Gasteiger partial charge < -0.3 is 10.1 Å². The predicted octanol–water partition coefficient (Wildman–Crippen LogP) is 3.47. The summed E-state index contributed by atoms with van der Waals surface area (Å²) in [7, 11) is -4.24. The van der Waals surface area contributed by atoms with Gasteiger partial charge in [0, 0.05) is 11.6 Å². The molecule has 30 heavy (non-hydrogen) atoms. The SMILES string of the molecule is O=C(COC(=O)C1CCCN1S(=O)(=O)c1ccccc1F)Nc1cc(Cl)ccc1Cl. The molecule has 3 rings (SSSR count). The number of nitrogens with one attached hydrogen (secondary N) is 1. The first kappa shape index (κ1) is 22.5. The van der Waals surface area contributed by atoms with Crippen LogP contribution in [-0.4, -0.2) is 43.8 Å². The second-order valence-corrected chi connectivity index (χ2v) is 9.19. The molecule has 0 spiro atoms. The maximum atomic E-state index is 14.0. The summed E-state index contributed by atoms with van der Waals surface area (Å²) < 4.78 is 45.5. The number of rotatable bonds is 6. The Morgan fingerprint density at radius 2 is 1.93 bits per heavy atom. The standard InChI is InChI=1S/C19H17Cl2FN2O5S/c20-12-7-8-13(21)15(10-12)23-18(25)11-29-19(26)16-5-3-9-24(16)30(27,28)17-6-2-1-4-14(17)22/h1-2,4,6-8,10,16H,3,5,9,11H2,(H,23,25). The molecule has 1 aliphatic rings. The molecule has 1 atom stereocenters. The average molecular weight is 475 g/mol. The summed E-state index contributed by atoms with van der Waals surface area (Å²) in [5.41, 5.74) is 0.245. The minimum Gasteiger partial charge on any atom is -0.454 e. The summed E-state index contributed by atoms with van der Waals surface area (Å²) in [6.45, 7) is -0.605. The number of ether oxygens (including phenoxy) is 1. The summed E-state index contributed by atoms with van der Waals surface area (Å²) in [4.78, 5) is 24.0. The van der Waals surface area contributed by atoms with E-state index in [4.69, 9.17) is 27.9 Å². The number of carbonyl (C=O) groups is 2. The van der Waals surface area contributed by atoms with E-state index in [2.05, 4.69) is 5.32 Å². The number of nitrogens with zero attached hydrogens (tertiary/aromatic N) is 1. The molecule has 0 saturated carbocycles. The van der Waals surface area contributed by atoms with Gasteiger partial charge in [-0.2, -0.15) is 4.31 Å². The lowest BCUT2D eigenvalue weighted by Crippen LogP contribution is -2.42. The highest BCUT2D eigenvalue weighted by molar-refractivity contribution is 7.89. The number of esters is 1. The number of sulfonamides is 1. The predicted molar refractivity (Wildman–Crippen MR) is 109 cm³/mol. The van der Waals surface area contributed by atoms with Crippen molar-refractivity contribution in [2.75, 3.05) is 18.5 Å². The molecule has 160 valence electrons. The number of benzene rings is 2. The fourth-order valence-electron chi connectivity index (χ4n) is 3.06. The molecule has 11 heteroatoms. The van der Waals surface area contributed by atoms with Gasteiger partial charge in [-0.15, -0.1) is 0 Å². The van der Waals surface area contributed by atoms with E-state index in [9.17, 15) is 22.4 Å². The van der Waals surface area contributed by atoms with Crippen LogP contribution in [0.25, 0.3) is 0 Å². The number of hydrogen-bond acceptors (Lipinski definition) is 5. The van der Waals surface area contributed by atoms with Crippen LogP contribution in [0.1, 0.15) is 12.8 Å². The average Bonchev–Trinajstić information content (AvgIpc) is 3.20. The molecule has 1 saturated heterocycles. The van der Waals surface area contributed by atoms with E-state index in [-0.39, 0.29) is 23.7 Å². The summed E-state index contributed by atoms with van der Waals surface area (Å²) in [6, 6.07) is 8.26. The third-order valence-electron chi connectivity index (χ3n) is 4.45. The van der Waals surface area contributed by atoms with E-state index in [0.717, 1.165) is 16.4 Å². The third-order valence-corrected chi connectivity index (χ3v) is 6.95. The monoisotopic (exact) mass is 474 g/mol. The molecule has 1 aliphatic heterocycles. The van der Waals surface area contributed by atoms with Crippen LogP contribution >= 0.6 is 23.2 Å². The van der Waals surface area contributed by atoms with E-state index in [1.807, 2.05) is 0 Å². The number of amides is 1. The normalized spacial score (nSPS) is 17.0. The molecule has 1 unspecified atom stereocenters. The molecule has 1 heterocycles. The van der Waals surface area contributed by atoms with E-state index in [0.29, 0.717) is 11.4 Å². The van der Waals surface area contributed by atoms with Crippen molar-refractivity contribution in [3.8, 4) is 0 Å². The first-order valence-electron chi connectivity index (χ1n) is 8.88. The second-order valence-electron chi connectivity index (χ2n) is 6.48. The van der Waals surface area contributed by atoms with Gasteiger partial charge in [-0.3, -0.25) is 9.59 Å². The minimum atomic E-state index is -4.24. The highest BCUT2D eigenvalue weighted by Gasteiger charge is 2.41. The van der Waals surface area contributed by atoms with Crippen molar-refractivity contribution >= 4 is 50.8 Å². The van der Waals surface area contributed by atoms with Crippen LogP contribution in [-0.2, 0) is 24.3 Å². The summed E-state index contributed by atoms with van der Waals surface area (Å²) in [5, 5.41) is 3.06. The smallest absolute Gasteiger partial charge is 0.324 e. The Morgan fingerprint density at radius 3 is 2.67 bits per heavy atom. The number of anilines is 1. The molecule has 1 fully saturated rings. The Morgan fingerprint density at radius 1 is 1.20 bits per heavy atom. The fourth-order valence-corrected chi connectivity index (χ4v) is 5.11. The zero-order valence-electron chi connectivity index (χ0n) is 15.5. The Labute approximate surface area is 182 Å². The molecule has 0 radical (unpaired) electrons. The van der Waals surface area contributed by atoms with Crippen molar-refractivity contribution in [2.24, 2.45) is 0 Å². The van der Waals surface area contributed by atoms with Gasteiger partial charge in [0.15, 0.2) is 6.61 Å². The maximum absolute atomic E-state index is 14.0. The number of carbonyl (C=O) groups excluding carboxylic acids is 2. The zero-order chi connectivity index (χ0) is 21.9. The third kappa shape index (κ3) is 4.92. The van der Waals surface area contributed by atoms with Gasteiger partial charge in [-0.05, 0) is 43.2 Å². The zero-order valence-corrected chi connectivity index (χ0v) is 17.8. The van der Waals surface area contributed by atoms with Crippen molar-refractivity contribution < 1.29 is 27.1 Å². The van der Waals surface area contributed by atoms with Crippen LogP contribution < -0.4 is 5.32 Å². The van der Waals surface area contributed by atoms with Gasteiger partial charge in [0.1, 0.15) is 16.8 Å². The highest BCUT2D eigenvalue weighted by atomic mass is 35.5. The van der Waals surface area contributed by atoms with E-state index in [1.165, 1.54) is 24.3 Å². The van der Waals surface area contributed by atoms with Crippen molar-refractivity contribution in [1.82, 2.24) is 4.31 Å². The molecule has 0 aliphatic carbocycles. The van der Waals surface area contributed by atoms with Crippen LogP contribution in [0.4, 0.5) is 10.1 Å². The summed E-state index contributed by atoms with van der Waals surface area (Å²) >= 11 is 11.8. The molecule has 2 aromatic rings. The summed E-state index contributed by atoms with van der Waals surface area (Å²) in [5.74, 6) is -2.47. The van der Waals surface area contributed by atoms with Crippen LogP contribution in [0.2, 0.25) is 10.0 Å². The van der Waals surface area contributed by atoms with Crippen molar-refractivity contribution in [3.63, 3.8) is 0 Å². The second kappa shape index (κ2) is 9.30. The first-order valence-corrected chi connectivity index (χ1v) is 11.1. The lowest BCUT2D eigenvalue weighted by molar-refractivity contribution is -0.150. The molecule has 1 N–H and O–H groups in total. The minimum absolute atomic E-state index is 0.0424. The largest absolute Gasteiger partial charge is 0.454 e. The van der Waals surface area contributed by atoms with Gasteiger partial charge in [0.25, 0.3) is 5.91 Å². The van der Waals surface area contributed by atoms with Gasteiger partial charge in [0.2, 0.25) is 10.0 Å². The van der Waals surface area contributed by atoms with Crippen LogP contribution in [0.3, 0.4) is 0 Å². The molecule has 0 aromatic heterocycles. The topological polar surface area (TPSA) is 92.8 Å². The maximum Gasteiger partial charge on any atom is 0.324 e. The number of halogens is 3. The van der Waals surface area contributed by atoms with Gasteiger partial charge >= 0.3 is 5.97 Å². The van der Waals surface area contributed by atoms with E-state index in [1.54, 1.807) is 6.07 Å². The molecule has 7 nitrogen and oxygen atoms in total. The summed E-state index contributed by atoms with van der Waals surface area (Å²) in [6.07, 6.45) is 0.603. The molecular formula is C19H17Cl2FN2O5S. The van der Waals surface area contributed by atoms with Crippen molar-refractivity contribution in [2.45, 2.75) is 23.8 Å². The van der Waals surface area contributed by atoms with Crippen LogP contribution in [0.15, 0.2) is 47.4 Å². The molecule has 0 bridgehead atoms. The van der Waals surface area contributed by atoms with Gasteiger partial charge in [-0.1, -0.05) is 35.3 Å². The first-order chi connectivity index (χ1) is 14.2.